The van der Waals surface area contributed by atoms with Gasteiger partial charge in [-0.3, -0.25) is 8.42 Å². The Kier molecular flexibility index (Phi) is 4.20. The summed E-state index contributed by atoms with van der Waals surface area (Å²) in [4.78, 5) is 2.14. The van der Waals surface area contributed by atoms with Gasteiger partial charge in [-0.25, -0.2) is 0 Å². The van der Waals surface area contributed by atoms with Crippen molar-refractivity contribution in [3.8, 4) is 0 Å². The van der Waals surface area contributed by atoms with Gasteiger partial charge in [-0.15, -0.1) is 0 Å². The van der Waals surface area contributed by atoms with E-state index in [0.29, 0.717) is 0 Å². The third-order valence-electron chi connectivity index (χ3n) is 0.900. The molecule has 0 saturated carbocycles. The fraction of sp³-hybridized carbons (Fsp3) is 0. The van der Waals surface area contributed by atoms with E-state index in [-0.39, 0.29) is 0 Å². The van der Waals surface area contributed by atoms with E-state index in [1.54, 1.807) is 0 Å². The summed E-state index contributed by atoms with van der Waals surface area (Å²) in [5.41, 5.74) is 0. The smallest absolute Gasteiger partial charge is 0.293 e. The van der Waals surface area contributed by atoms with Gasteiger partial charge in [-0.05, 0) is 0 Å². The van der Waals surface area contributed by atoms with Crippen LogP contribution in [0.4, 0.5) is 0 Å². The first-order valence-corrected chi connectivity index (χ1v) is 4.83. The standard InChI is InChI=1S/C2H2N10.H2O4S/c1-3-5-7-11(1)9-10-12-2-4-6-8-12;1-5(2,3)4/h1-2H;(H2,1,2,3,4)/q+2;/p-2. The van der Waals surface area contributed by atoms with Gasteiger partial charge < -0.3 is 9.11 Å². The molecule has 0 saturated heterocycles. The Hall–Kier alpha value is -2.39. The second kappa shape index (κ2) is 5.63. The molecule has 0 aromatic heterocycles. The molecule has 2 aliphatic rings. The van der Waals surface area contributed by atoms with Crippen molar-refractivity contribution < 1.29 is 27.1 Å². The molecule has 0 bridgehead atoms. The summed E-state index contributed by atoms with van der Waals surface area (Å²) in [5.74, 6) is 0. The predicted octanol–water partition coefficient (Wildman–Crippen LogP) is -0.859. The van der Waals surface area contributed by atoms with Gasteiger partial charge in [0.25, 0.3) is 12.7 Å². The molecule has 0 radical (unpaired) electrons. The molecule has 2 aliphatic heterocycles. The largest absolute Gasteiger partial charge is 0.759 e. The summed E-state index contributed by atoms with van der Waals surface area (Å²) in [5, 5.41) is 27.3. The maximum absolute atomic E-state index is 8.52. The van der Waals surface area contributed by atoms with E-state index in [9.17, 15) is 0 Å². The Morgan fingerprint density at radius 3 is 1.53 bits per heavy atom. The minimum absolute atomic E-state index is 1.07. The predicted molar refractivity (Wildman–Crippen MR) is 42.5 cm³/mol. The van der Waals surface area contributed by atoms with Gasteiger partial charge in [0.1, 0.15) is 10.4 Å². The molecule has 0 spiro atoms. The normalized spacial score (nSPS) is 21.3. The van der Waals surface area contributed by atoms with Crippen LogP contribution in [-0.2, 0) is 10.4 Å². The zero-order valence-corrected chi connectivity index (χ0v) is 8.48. The molecule has 0 aliphatic carbocycles. The molecule has 15 heteroatoms. The highest BCUT2D eigenvalue weighted by molar-refractivity contribution is 7.79. The van der Waals surface area contributed by atoms with Crippen LogP contribution in [-0.4, -0.2) is 39.8 Å². The number of hydrogen-bond donors (Lipinski definition) is 0. The molecular formula is C2H2N10O4S. The Balaban J connectivity index is 0.000000249. The minimum Gasteiger partial charge on any atom is -0.759 e. The zero-order chi connectivity index (χ0) is 12.7. The zero-order valence-electron chi connectivity index (χ0n) is 7.67. The maximum Gasteiger partial charge on any atom is 0.293 e. The third-order valence-corrected chi connectivity index (χ3v) is 0.900. The van der Waals surface area contributed by atoms with Crippen LogP contribution in [0.5, 0.6) is 0 Å². The lowest BCUT2D eigenvalue weighted by molar-refractivity contribution is -0.533. The minimum atomic E-state index is -5.17. The summed E-state index contributed by atoms with van der Waals surface area (Å²) in [6, 6.07) is 0. The van der Waals surface area contributed by atoms with Crippen LogP contribution < -0.4 is 0 Å². The van der Waals surface area contributed by atoms with Crippen LogP contribution in [0.1, 0.15) is 0 Å². The fourth-order valence-electron chi connectivity index (χ4n) is 0.477. The van der Waals surface area contributed by atoms with Crippen molar-refractivity contribution in [2.45, 2.75) is 0 Å². The Bertz CT molecular complexity index is 479. The lowest BCUT2D eigenvalue weighted by atomic mass is 11.3. The first kappa shape index (κ1) is 12.7. The van der Waals surface area contributed by atoms with E-state index in [0.717, 1.165) is 9.61 Å². The van der Waals surface area contributed by atoms with Crippen molar-refractivity contribution in [3.05, 3.63) is 0 Å². The van der Waals surface area contributed by atoms with Gasteiger partial charge in [0.2, 0.25) is 10.4 Å². The van der Waals surface area contributed by atoms with Gasteiger partial charge in [-0.2, -0.15) is 0 Å². The number of hydrogen-bond acceptors (Lipinski definition) is 8. The van der Waals surface area contributed by atoms with Gasteiger partial charge in [0.15, 0.2) is 10.4 Å². The van der Waals surface area contributed by atoms with Gasteiger partial charge >= 0.3 is 0 Å². The highest BCUT2D eigenvalue weighted by atomic mass is 32.3. The van der Waals surface area contributed by atoms with Crippen LogP contribution in [0.2, 0.25) is 0 Å². The van der Waals surface area contributed by atoms with E-state index in [2.05, 4.69) is 41.5 Å². The van der Waals surface area contributed by atoms with Crippen molar-refractivity contribution in [1.29, 1.82) is 0 Å². The molecule has 2 rings (SSSR count). The lowest BCUT2D eigenvalue weighted by Crippen LogP contribution is -1.95. The number of rotatable bonds is 1. The van der Waals surface area contributed by atoms with E-state index in [4.69, 9.17) is 17.5 Å². The van der Waals surface area contributed by atoms with Crippen molar-refractivity contribution in [2.75, 3.05) is 0 Å². The Morgan fingerprint density at radius 2 is 1.29 bits per heavy atom. The molecule has 0 N–H and O–H groups in total. The highest BCUT2D eigenvalue weighted by Gasteiger charge is 2.09. The Morgan fingerprint density at radius 1 is 0.941 bits per heavy atom. The van der Waals surface area contributed by atoms with E-state index in [1.165, 1.54) is 12.7 Å². The lowest BCUT2D eigenvalue weighted by Gasteiger charge is -2.06. The van der Waals surface area contributed by atoms with Crippen molar-refractivity contribution in [2.24, 2.45) is 41.5 Å². The maximum atomic E-state index is 8.52. The average Bonchev–Trinajstić information content (AvgIpc) is 2.86. The molecule has 0 amide bonds. The van der Waals surface area contributed by atoms with Gasteiger partial charge in [-0.1, -0.05) is 0 Å². The molecule has 0 aromatic rings. The first-order chi connectivity index (χ1) is 7.95. The van der Waals surface area contributed by atoms with E-state index >= 15 is 0 Å². The second-order valence-electron chi connectivity index (χ2n) is 2.05. The van der Waals surface area contributed by atoms with Crippen LogP contribution in [0, 0.1) is 0 Å². The van der Waals surface area contributed by atoms with E-state index in [1.807, 2.05) is 0 Å². The van der Waals surface area contributed by atoms with Gasteiger partial charge in [0.05, 0.1) is 10.2 Å². The quantitative estimate of drug-likeness (QED) is 0.257. The summed E-state index contributed by atoms with van der Waals surface area (Å²) in [6.45, 7) is 0. The third kappa shape index (κ3) is 6.65. The molecule has 14 nitrogen and oxygen atoms in total. The monoisotopic (exact) mass is 262 g/mol. The van der Waals surface area contributed by atoms with Crippen LogP contribution in [0.15, 0.2) is 41.5 Å². The van der Waals surface area contributed by atoms with Crippen LogP contribution in [0.3, 0.4) is 0 Å². The van der Waals surface area contributed by atoms with Crippen molar-refractivity contribution in [1.82, 2.24) is 0 Å². The summed E-state index contributed by atoms with van der Waals surface area (Å²) < 4.78 is 34.1. The molecule has 17 heavy (non-hydrogen) atoms. The fourth-order valence-corrected chi connectivity index (χ4v) is 0.477. The molecular weight excluding hydrogens is 260 g/mol. The highest BCUT2D eigenvalue weighted by Crippen LogP contribution is 1.93. The molecule has 0 atom stereocenters. The molecule has 90 valence electrons. The topological polar surface area (TPSA) is 185 Å². The number of nitrogens with zero attached hydrogens (tertiary/aromatic N) is 10. The van der Waals surface area contributed by atoms with Crippen LogP contribution in [0.25, 0.3) is 0 Å². The van der Waals surface area contributed by atoms with Gasteiger partial charge in [0, 0.05) is 20.0 Å². The van der Waals surface area contributed by atoms with Crippen molar-refractivity contribution in [3.63, 3.8) is 0 Å². The van der Waals surface area contributed by atoms with Crippen LogP contribution >= 0.6 is 0 Å². The summed E-state index contributed by atoms with van der Waals surface area (Å²) >= 11 is 0. The summed E-state index contributed by atoms with van der Waals surface area (Å²) in [7, 11) is -5.17. The molecule has 0 aromatic carbocycles. The molecule has 0 unspecified atom stereocenters. The van der Waals surface area contributed by atoms with Crippen molar-refractivity contribution >= 4 is 23.1 Å². The SMILES string of the molecule is C1=NN=N[N+]1=NN=[N+]1C=NN=N1.O=S(=O)([O-])[O-]. The molecule has 0 fully saturated rings. The van der Waals surface area contributed by atoms with E-state index < -0.39 is 10.4 Å². The second-order valence-corrected chi connectivity index (χ2v) is 2.86. The summed E-state index contributed by atoms with van der Waals surface area (Å²) in [6.07, 6.45) is 2.57. The molecule has 2 heterocycles. The first-order valence-electron chi connectivity index (χ1n) is 3.50. The Labute approximate surface area is 92.6 Å². The average molecular weight is 262 g/mol.